The van der Waals surface area contributed by atoms with Gasteiger partial charge in [-0.1, -0.05) is 0 Å². The first kappa shape index (κ1) is 11.9. The number of nitrogens with two attached hydrogens (primary N) is 1. The van der Waals surface area contributed by atoms with E-state index in [2.05, 4.69) is 0 Å². The monoisotopic (exact) mass is 221 g/mol. The van der Waals surface area contributed by atoms with Crippen LogP contribution in [-0.2, 0) is 14.6 Å². The van der Waals surface area contributed by atoms with Crippen molar-refractivity contribution in [2.24, 2.45) is 5.73 Å². The van der Waals surface area contributed by atoms with Crippen molar-refractivity contribution in [2.75, 3.05) is 19.5 Å². The molecular weight excluding hydrogens is 202 g/mol. The van der Waals surface area contributed by atoms with Gasteiger partial charge in [0, 0.05) is 18.4 Å². The fraction of sp³-hybridized carbons (Fsp3) is 1.00. The first-order valence-corrected chi connectivity index (χ1v) is 6.88. The Labute approximate surface area is 85.7 Å². The summed E-state index contributed by atoms with van der Waals surface area (Å²) in [6, 6.07) is 0. The fourth-order valence-electron chi connectivity index (χ4n) is 1.91. The third kappa shape index (κ3) is 2.93. The molecule has 0 heterocycles. The molecule has 14 heavy (non-hydrogen) atoms. The molecule has 0 spiro atoms. The van der Waals surface area contributed by atoms with E-state index in [1.54, 1.807) is 0 Å². The van der Waals surface area contributed by atoms with Crippen molar-refractivity contribution in [1.29, 1.82) is 0 Å². The van der Waals surface area contributed by atoms with Gasteiger partial charge in [0.05, 0.1) is 11.9 Å². The Morgan fingerprint density at radius 1 is 1.57 bits per heavy atom. The second-order valence-corrected chi connectivity index (χ2v) is 6.52. The van der Waals surface area contributed by atoms with Crippen molar-refractivity contribution >= 4 is 9.84 Å². The molecule has 1 rings (SSSR count). The molecule has 1 saturated carbocycles. The molecule has 0 saturated heterocycles. The van der Waals surface area contributed by atoms with Crippen LogP contribution in [-0.4, -0.2) is 38.7 Å². The molecule has 0 amide bonds. The van der Waals surface area contributed by atoms with Crippen molar-refractivity contribution in [2.45, 2.75) is 37.0 Å². The summed E-state index contributed by atoms with van der Waals surface area (Å²) in [6.45, 7) is 3.00. The maximum Gasteiger partial charge on any atom is 0.150 e. The Hall–Kier alpha value is -0.130. The molecule has 84 valence electrons. The number of sulfone groups is 1. The molecule has 0 aliphatic heterocycles. The summed E-state index contributed by atoms with van der Waals surface area (Å²) in [5.41, 5.74) is 5.62. The minimum absolute atomic E-state index is 0.270. The van der Waals surface area contributed by atoms with Gasteiger partial charge >= 0.3 is 0 Å². The zero-order valence-electron chi connectivity index (χ0n) is 8.82. The summed E-state index contributed by atoms with van der Waals surface area (Å²) in [5.74, 6) is 0. The molecule has 0 bridgehead atoms. The highest BCUT2D eigenvalue weighted by Crippen LogP contribution is 2.32. The molecular formula is C9H19NO3S. The van der Waals surface area contributed by atoms with Gasteiger partial charge in [-0.15, -0.1) is 0 Å². The number of hydrogen-bond acceptors (Lipinski definition) is 4. The van der Waals surface area contributed by atoms with Gasteiger partial charge in [-0.3, -0.25) is 0 Å². The van der Waals surface area contributed by atoms with Gasteiger partial charge in [0.1, 0.15) is 9.84 Å². The van der Waals surface area contributed by atoms with Crippen molar-refractivity contribution in [3.63, 3.8) is 0 Å². The first-order chi connectivity index (χ1) is 6.37. The predicted octanol–water partition coefficient (Wildman–Crippen LogP) is 0.317. The van der Waals surface area contributed by atoms with E-state index in [1.807, 2.05) is 6.92 Å². The summed E-state index contributed by atoms with van der Waals surface area (Å²) in [6.07, 6.45) is 3.23. The Morgan fingerprint density at radius 3 is 2.64 bits per heavy atom. The van der Waals surface area contributed by atoms with E-state index >= 15 is 0 Å². The molecule has 4 nitrogen and oxygen atoms in total. The topological polar surface area (TPSA) is 69.4 Å². The van der Waals surface area contributed by atoms with Crippen LogP contribution in [0.2, 0.25) is 0 Å². The zero-order valence-corrected chi connectivity index (χ0v) is 9.64. The van der Waals surface area contributed by atoms with Gasteiger partial charge in [0.25, 0.3) is 0 Å². The van der Waals surface area contributed by atoms with Crippen LogP contribution in [0.15, 0.2) is 0 Å². The van der Waals surface area contributed by atoms with Crippen LogP contribution >= 0.6 is 0 Å². The maximum atomic E-state index is 11.3. The smallest absolute Gasteiger partial charge is 0.150 e. The lowest BCUT2D eigenvalue weighted by Crippen LogP contribution is -2.42. The number of rotatable bonds is 4. The SMILES string of the molecule is CCOC[C@]1(N)CC[C@@H](S(C)(=O)=O)C1. The van der Waals surface area contributed by atoms with Crippen LogP contribution in [0, 0.1) is 0 Å². The third-order valence-corrected chi connectivity index (χ3v) is 4.41. The van der Waals surface area contributed by atoms with Crippen LogP contribution in [0.4, 0.5) is 0 Å². The lowest BCUT2D eigenvalue weighted by atomic mass is 10.0. The second-order valence-electron chi connectivity index (χ2n) is 4.19. The Kier molecular flexibility index (Phi) is 3.55. The van der Waals surface area contributed by atoms with Gasteiger partial charge in [0.15, 0.2) is 0 Å². The first-order valence-electron chi connectivity index (χ1n) is 4.93. The number of ether oxygens (including phenoxy) is 1. The van der Waals surface area contributed by atoms with Gasteiger partial charge in [-0.25, -0.2) is 8.42 Å². The minimum Gasteiger partial charge on any atom is -0.380 e. The maximum absolute atomic E-state index is 11.3. The molecule has 0 radical (unpaired) electrons. The summed E-state index contributed by atoms with van der Waals surface area (Å²) >= 11 is 0. The average Bonchev–Trinajstić information content (AvgIpc) is 2.45. The molecule has 0 aromatic heterocycles. The normalized spacial score (nSPS) is 33.5. The second kappa shape index (κ2) is 4.16. The minimum atomic E-state index is -2.93. The van der Waals surface area contributed by atoms with Crippen molar-refractivity contribution in [3.8, 4) is 0 Å². The molecule has 2 atom stereocenters. The molecule has 5 heteroatoms. The highest BCUT2D eigenvalue weighted by Gasteiger charge is 2.40. The van der Waals surface area contributed by atoms with Crippen LogP contribution < -0.4 is 5.73 Å². The Balaban J connectivity index is 2.55. The van der Waals surface area contributed by atoms with Crippen LogP contribution in [0.25, 0.3) is 0 Å². The van der Waals surface area contributed by atoms with Crippen LogP contribution in [0.5, 0.6) is 0 Å². The summed E-state index contributed by atoms with van der Waals surface area (Å²) in [7, 11) is -2.93. The van der Waals surface area contributed by atoms with Crippen molar-refractivity contribution in [1.82, 2.24) is 0 Å². The molecule has 2 N–H and O–H groups in total. The zero-order chi connectivity index (χ0) is 10.8. The van der Waals surface area contributed by atoms with Crippen molar-refractivity contribution < 1.29 is 13.2 Å². The average molecular weight is 221 g/mol. The van der Waals surface area contributed by atoms with E-state index < -0.39 is 15.4 Å². The molecule has 1 fully saturated rings. The highest BCUT2D eigenvalue weighted by molar-refractivity contribution is 7.91. The standard InChI is InChI=1S/C9H19NO3S/c1-3-13-7-9(10)5-4-8(6-9)14(2,11)12/h8H,3-7,10H2,1-2H3/t8-,9+/m1/s1. The summed E-state index contributed by atoms with van der Waals surface area (Å²) in [5, 5.41) is -0.270. The molecule has 0 unspecified atom stereocenters. The van der Waals surface area contributed by atoms with Gasteiger partial charge in [-0.2, -0.15) is 0 Å². The van der Waals surface area contributed by atoms with Crippen molar-refractivity contribution in [3.05, 3.63) is 0 Å². The largest absolute Gasteiger partial charge is 0.380 e. The number of hydrogen-bond donors (Lipinski definition) is 1. The molecule has 0 aromatic rings. The summed E-state index contributed by atoms with van der Waals surface area (Å²) < 4.78 is 27.9. The van der Waals surface area contributed by atoms with E-state index in [9.17, 15) is 8.42 Å². The Morgan fingerprint density at radius 2 is 2.21 bits per heavy atom. The van der Waals surface area contributed by atoms with Gasteiger partial charge in [-0.05, 0) is 26.2 Å². The fourth-order valence-corrected chi connectivity index (χ4v) is 3.09. The van der Waals surface area contributed by atoms with E-state index in [-0.39, 0.29) is 5.25 Å². The summed E-state index contributed by atoms with van der Waals surface area (Å²) in [4.78, 5) is 0. The quantitative estimate of drug-likeness (QED) is 0.742. The van der Waals surface area contributed by atoms with Gasteiger partial charge in [0.2, 0.25) is 0 Å². The third-order valence-electron chi connectivity index (χ3n) is 2.80. The van der Waals surface area contributed by atoms with E-state index in [0.29, 0.717) is 26.1 Å². The molecule has 1 aliphatic rings. The van der Waals surface area contributed by atoms with E-state index in [1.165, 1.54) is 6.26 Å². The highest BCUT2D eigenvalue weighted by atomic mass is 32.2. The predicted molar refractivity (Wildman–Crippen MR) is 55.9 cm³/mol. The van der Waals surface area contributed by atoms with E-state index in [0.717, 1.165) is 6.42 Å². The van der Waals surface area contributed by atoms with E-state index in [4.69, 9.17) is 10.5 Å². The molecule has 1 aliphatic carbocycles. The lowest BCUT2D eigenvalue weighted by molar-refractivity contribution is 0.0968. The molecule has 0 aromatic carbocycles. The lowest BCUT2D eigenvalue weighted by Gasteiger charge is -2.23. The van der Waals surface area contributed by atoms with Crippen LogP contribution in [0.3, 0.4) is 0 Å². The van der Waals surface area contributed by atoms with Crippen LogP contribution in [0.1, 0.15) is 26.2 Å². The van der Waals surface area contributed by atoms with Gasteiger partial charge < -0.3 is 10.5 Å². The Bertz CT molecular complexity index is 288.